The molecule has 1 saturated heterocycles. The average molecular weight is 388 g/mol. The quantitative estimate of drug-likeness (QED) is 0.664. The second-order valence-electron chi connectivity index (χ2n) is 3.70. The van der Waals surface area contributed by atoms with Crippen LogP contribution in [0.1, 0.15) is 23.2 Å². The van der Waals surface area contributed by atoms with E-state index in [9.17, 15) is 4.79 Å². The van der Waals surface area contributed by atoms with Crippen LogP contribution in [0.25, 0.3) is 0 Å². The molecule has 0 atom stereocenters. The topological polar surface area (TPSA) is 20.3 Å². The Balaban J connectivity index is 2.10. The molecule has 16 heavy (non-hydrogen) atoms. The molecule has 0 unspecified atom stereocenters. The van der Waals surface area contributed by atoms with Gasteiger partial charge in [-0.2, -0.15) is 0 Å². The molecule has 1 aromatic heterocycles. The molecule has 1 aromatic rings. The first kappa shape index (κ1) is 12.9. The number of carbonyl (C=O) groups is 1. The van der Waals surface area contributed by atoms with E-state index < -0.39 is 0 Å². The van der Waals surface area contributed by atoms with Crippen LogP contribution < -0.4 is 0 Å². The summed E-state index contributed by atoms with van der Waals surface area (Å²) in [4.78, 5) is 14.1. The smallest absolute Gasteiger partial charge is 0.255 e. The van der Waals surface area contributed by atoms with Crippen LogP contribution in [0.2, 0.25) is 0 Å². The van der Waals surface area contributed by atoms with Crippen LogP contribution in [0.3, 0.4) is 0 Å². The van der Waals surface area contributed by atoms with Crippen molar-refractivity contribution in [2.45, 2.75) is 18.2 Å². The number of alkyl halides is 1. The maximum atomic E-state index is 12.2. The molecule has 0 N–H and O–H groups in total. The summed E-state index contributed by atoms with van der Waals surface area (Å²) in [5, 5.41) is 0.224. The minimum absolute atomic E-state index is 0.0948. The van der Waals surface area contributed by atoms with Crippen LogP contribution in [0, 0.1) is 0 Å². The fourth-order valence-electron chi connectivity index (χ4n) is 1.71. The van der Waals surface area contributed by atoms with Gasteiger partial charge in [0.25, 0.3) is 5.91 Å². The Kier molecular flexibility index (Phi) is 4.32. The van der Waals surface area contributed by atoms with E-state index in [1.54, 1.807) is 0 Å². The molecule has 0 spiro atoms. The van der Waals surface area contributed by atoms with Crippen LogP contribution in [0.15, 0.2) is 13.6 Å². The summed E-state index contributed by atoms with van der Waals surface area (Å²) in [6.45, 7) is 1.51. The molecule has 6 heteroatoms. The van der Waals surface area contributed by atoms with Crippen LogP contribution in [-0.4, -0.2) is 29.3 Å². The molecule has 0 bridgehead atoms. The molecule has 1 amide bonds. The first-order valence-corrected chi connectivity index (χ1v) is 7.80. The summed E-state index contributed by atoms with van der Waals surface area (Å²) >= 11 is 14.3. The summed E-state index contributed by atoms with van der Waals surface area (Å²) in [5.74, 6) is 0.0948. The van der Waals surface area contributed by atoms with Crippen LogP contribution in [0.5, 0.6) is 0 Å². The molecule has 2 nitrogen and oxygen atoms in total. The Hall–Kier alpha value is 0.420. The average Bonchev–Trinajstić information content (AvgIpc) is 2.58. The minimum atomic E-state index is 0.0948. The van der Waals surface area contributed by atoms with Crippen molar-refractivity contribution in [3.63, 3.8) is 0 Å². The van der Waals surface area contributed by atoms with Crippen LogP contribution >= 0.6 is 54.8 Å². The highest BCUT2D eigenvalue weighted by Gasteiger charge is 2.24. The summed E-state index contributed by atoms with van der Waals surface area (Å²) < 4.78 is 1.85. The van der Waals surface area contributed by atoms with E-state index in [1.807, 2.05) is 11.0 Å². The second-order valence-corrected chi connectivity index (χ2v) is 8.07. The van der Waals surface area contributed by atoms with Crippen molar-refractivity contribution in [3.05, 3.63) is 19.2 Å². The molecule has 2 heterocycles. The Morgan fingerprint density at radius 3 is 2.56 bits per heavy atom. The number of halogens is 3. The van der Waals surface area contributed by atoms with E-state index in [0.717, 1.165) is 39.1 Å². The lowest BCUT2D eigenvalue weighted by Gasteiger charge is -2.29. The molecule has 2 rings (SSSR count). The molecule has 1 aliphatic heterocycles. The third-order valence-corrected chi connectivity index (χ3v) is 5.37. The zero-order chi connectivity index (χ0) is 11.7. The Morgan fingerprint density at radius 2 is 2.06 bits per heavy atom. The first-order chi connectivity index (χ1) is 7.58. The van der Waals surface area contributed by atoms with E-state index in [1.165, 1.54) is 11.3 Å². The highest BCUT2D eigenvalue weighted by atomic mass is 79.9. The number of amides is 1. The summed E-state index contributed by atoms with van der Waals surface area (Å²) in [5.41, 5.74) is 0.741. The third-order valence-electron chi connectivity index (χ3n) is 2.60. The number of hydrogen-bond acceptors (Lipinski definition) is 2. The monoisotopic (exact) mass is 385 g/mol. The number of piperidine rings is 1. The Morgan fingerprint density at radius 1 is 1.44 bits per heavy atom. The molecule has 1 aliphatic rings. The zero-order valence-corrected chi connectivity index (χ0v) is 13.1. The van der Waals surface area contributed by atoms with Gasteiger partial charge in [0.2, 0.25) is 0 Å². The van der Waals surface area contributed by atoms with Gasteiger partial charge in [-0.1, -0.05) is 0 Å². The van der Waals surface area contributed by atoms with E-state index in [2.05, 4.69) is 31.9 Å². The van der Waals surface area contributed by atoms with Crippen LogP contribution in [-0.2, 0) is 0 Å². The zero-order valence-electron chi connectivity index (χ0n) is 8.38. The molecule has 0 saturated carbocycles. The van der Waals surface area contributed by atoms with Gasteiger partial charge < -0.3 is 4.90 Å². The minimum Gasteiger partial charge on any atom is -0.338 e. The predicted octanol–water partition coefficient (Wildman–Crippen LogP) is 4.12. The highest BCUT2D eigenvalue weighted by Crippen LogP contribution is 2.33. The van der Waals surface area contributed by atoms with Gasteiger partial charge in [0.05, 0.1) is 13.1 Å². The summed E-state index contributed by atoms with van der Waals surface area (Å²) in [7, 11) is 0. The molecular formula is C10H10Br2ClNOS. The molecule has 0 aromatic carbocycles. The fourth-order valence-corrected chi connectivity index (χ4v) is 4.68. The number of thiophene rings is 1. The maximum absolute atomic E-state index is 12.2. The molecular weight excluding hydrogens is 377 g/mol. The van der Waals surface area contributed by atoms with E-state index in [0.29, 0.717) is 0 Å². The normalized spacial score (nSPS) is 17.8. The van der Waals surface area contributed by atoms with Crippen molar-refractivity contribution in [3.8, 4) is 0 Å². The van der Waals surface area contributed by atoms with Crippen molar-refractivity contribution in [2.75, 3.05) is 13.1 Å². The van der Waals surface area contributed by atoms with Crippen molar-refractivity contribution in [1.82, 2.24) is 4.90 Å². The molecule has 1 fully saturated rings. The lowest BCUT2D eigenvalue weighted by atomic mass is 10.1. The predicted molar refractivity (Wildman–Crippen MR) is 74.5 cm³/mol. The number of carbonyl (C=O) groups excluding carboxylic acids is 1. The number of hydrogen-bond donors (Lipinski definition) is 0. The molecule has 0 aliphatic carbocycles. The number of rotatable bonds is 1. The Bertz CT molecular complexity index is 402. The van der Waals surface area contributed by atoms with Crippen LogP contribution in [0.4, 0.5) is 0 Å². The number of likely N-dealkylation sites (tertiary alicyclic amines) is 1. The summed E-state index contributed by atoms with van der Waals surface area (Å²) in [6.07, 6.45) is 1.77. The fraction of sp³-hybridized carbons (Fsp3) is 0.500. The van der Waals surface area contributed by atoms with Gasteiger partial charge in [0, 0.05) is 18.5 Å². The standard InChI is InChI=1S/C10H10Br2ClNOS/c11-8-5-7(9(12)16-8)10(15)14-3-1-6(13)2-4-14/h5-6H,1-4H2. The van der Waals surface area contributed by atoms with Gasteiger partial charge in [-0.3, -0.25) is 4.79 Å². The highest BCUT2D eigenvalue weighted by molar-refractivity contribution is 9.12. The van der Waals surface area contributed by atoms with E-state index in [4.69, 9.17) is 11.6 Å². The summed E-state index contributed by atoms with van der Waals surface area (Å²) in [6, 6.07) is 1.86. The van der Waals surface area contributed by atoms with Crippen molar-refractivity contribution in [1.29, 1.82) is 0 Å². The van der Waals surface area contributed by atoms with Gasteiger partial charge in [0.1, 0.15) is 0 Å². The van der Waals surface area contributed by atoms with Gasteiger partial charge in [-0.15, -0.1) is 22.9 Å². The van der Waals surface area contributed by atoms with Gasteiger partial charge in [0.15, 0.2) is 0 Å². The van der Waals surface area contributed by atoms with E-state index in [-0.39, 0.29) is 11.3 Å². The largest absolute Gasteiger partial charge is 0.338 e. The van der Waals surface area contributed by atoms with Crippen molar-refractivity contribution >= 4 is 60.7 Å². The van der Waals surface area contributed by atoms with Gasteiger partial charge in [-0.25, -0.2) is 0 Å². The maximum Gasteiger partial charge on any atom is 0.255 e. The molecule has 0 radical (unpaired) electrons. The van der Waals surface area contributed by atoms with Gasteiger partial charge in [-0.05, 0) is 50.8 Å². The molecule has 88 valence electrons. The second kappa shape index (κ2) is 5.38. The third kappa shape index (κ3) is 2.81. The van der Waals surface area contributed by atoms with Gasteiger partial charge >= 0.3 is 0 Å². The Labute approximate surface area is 120 Å². The lowest BCUT2D eigenvalue weighted by Crippen LogP contribution is -2.38. The van der Waals surface area contributed by atoms with Crippen molar-refractivity contribution < 1.29 is 4.79 Å². The lowest BCUT2D eigenvalue weighted by molar-refractivity contribution is 0.0726. The first-order valence-electron chi connectivity index (χ1n) is 4.96. The van der Waals surface area contributed by atoms with E-state index >= 15 is 0 Å². The SMILES string of the molecule is O=C(c1cc(Br)sc1Br)N1CCC(Cl)CC1. The number of nitrogens with zero attached hydrogens (tertiary/aromatic N) is 1. The van der Waals surface area contributed by atoms with Crippen molar-refractivity contribution in [2.24, 2.45) is 0 Å².